The monoisotopic (exact) mass is 406 g/mol. The molecule has 0 saturated heterocycles. The standard InChI is InChI=1S/C21H26Cl2N2.C2H6/c1-3-17(11-13-24-2)18-14-19(22)20(23)15-21(18)25-12-7-10-16-8-5-4-6-9-16;1-2/h3-6,8-9,14-15,24-25H,7,10-13H2,1-2H3;1-2H3/b17-3+;. The second kappa shape index (κ2) is 13.7. The van der Waals surface area contributed by atoms with Gasteiger partial charge in [0.2, 0.25) is 0 Å². The molecule has 0 saturated carbocycles. The van der Waals surface area contributed by atoms with Crippen molar-refractivity contribution in [3.05, 3.63) is 69.7 Å². The molecule has 4 heteroatoms. The Bertz CT molecular complexity index is 697. The molecule has 0 amide bonds. The molecule has 2 aromatic rings. The highest BCUT2D eigenvalue weighted by Crippen LogP contribution is 2.34. The average Bonchev–Trinajstić information content (AvgIpc) is 2.71. The zero-order valence-corrected chi connectivity index (χ0v) is 18.4. The first kappa shape index (κ1) is 23.6. The van der Waals surface area contributed by atoms with Crippen LogP contribution in [0, 0.1) is 0 Å². The highest BCUT2D eigenvalue weighted by atomic mass is 35.5. The van der Waals surface area contributed by atoms with Gasteiger partial charge in [-0.15, -0.1) is 0 Å². The van der Waals surface area contributed by atoms with Gasteiger partial charge in [-0.2, -0.15) is 0 Å². The topological polar surface area (TPSA) is 24.1 Å². The third-order valence-corrected chi connectivity index (χ3v) is 4.92. The Morgan fingerprint density at radius 1 is 1.00 bits per heavy atom. The largest absolute Gasteiger partial charge is 0.384 e. The minimum atomic E-state index is 0.583. The van der Waals surface area contributed by atoms with E-state index in [1.54, 1.807) is 0 Å². The first-order valence-electron chi connectivity index (χ1n) is 9.72. The number of anilines is 1. The summed E-state index contributed by atoms with van der Waals surface area (Å²) < 4.78 is 0. The van der Waals surface area contributed by atoms with E-state index in [4.69, 9.17) is 23.2 Å². The van der Waals surface area contributed by atoms with Crippen LogP contribution >= 0.6 is 23.2 Å². The molecule has 0 unspecified atom stereocenters. The molecule has 2 nitrogen and oxygen atoms in total. The van der Waals surface area contributed by atoms with Gasteiger partial charge in [0.1, 0.15) is 0 Å². The van der Waals surface area contributed by atoms with Crippen LogP contribution in [0.2, 0.25) is 10.0 Å². The summed E-state index contributed by atoms with van der Waals surface area (Å²) in [7, 11) is 1.96. The molecule has 148 valence electrons. The number of rotatable bonds is 9. The van der Waals surface area contributed by atoms with Gasteiger partial charge in [-0.25, -0.2) is 0 Å². The molecule has 0 radical (unpaired) electrons. The van der Waals surface area contributed by atoms with Gasteiger partial charge < -0.3 is 10.6 Å². The van der Waals surface area contributed by atoms with Crippen molar-refractivity contribution in [3.8, 4) is 0 Å². The van der Waals surface area contributed by atoms with Crippen molar-refractivity contribution < 1.29 is 0 Å². The smallest absolute Gasteiger partial charge is 0.0613 e. The van der Waals surface area contributed by atoms with E-state index in [0.717, 1.165) is 43.6 Å². The molecule has 0 spiro atoms. The van der Waals surface area contributed by atoms with E-state index < -0.39 is 0 Å². The summed E-state index contributed by atoms with van der Waals surface area (Å²) in [4.78, 5) is 0. The highest BCUT2D eigenvalue weighted by Gasteiger charge is 2.11. The Morgan fingerprint density at radius 3 is 2.30 bits per heavy atom. The SMILES string of the molecule is C/C=C(\CCNC)c1cc(Cl)c(Cl)cc1NCCCc1ccccc1.CC. The maximum Gasteiger partial charge on any atom is 0.0613 e. The van der Waals surface area contributed by atoms with Gasteiger partial charge in [0.05, 0.1) is 10.0 Å². The predicted octanol–water partition coefficient (Wildman–Crippen LogP) is 7.08. The average molecular weight is 407 g/mol. The van der Waals surface area contributed by atoms with Crippen molar-refractivity contribution in [3.63, 3.8) is 0 Å². The Morgan fingerprint density at radius 2 is 1.67 bits per heavy atom. The van der Waals surface area contributed by atoms with Crippen molar-refractivity contribution >= 4 is 34.5 Å². The number of halogens is 2. The molecular weight excluding hydrogens is 375 g/mol. The second-order valence-corrected chi connectivity index (χ2v) is 6.81. The fourth-order valence-electron chi connectivity index (χ4n) is 2.81. The van der Waals surface area contributed by atoms with Crippen LogP contribution in [0.5, 0.6) is 0 Å². The van der Waals surface area contributed by atoms with E-state index in [1.165, 1.54) is 11.1 Å². The molecule has 2 aromatic carbocycles. The minimum absolute atomic E-state index is 0.583. The summed E-state index contributed by atoms with van der Waals surface area (Å²) in [6, 6.07) is 14.5. The first-order valence-corrected chi connectivity index (χ1v) is 10.5. The van der Waals surface area contributed by atoms with E-state index in [0.29, 0.717) is 10.0 Å². The number of hydrogen-bond acceptors (Lipinski definition) is 2. The number of aryl methyl sites for hydroxylation is 1. The lowest BCUT2D eigenvalue weighted by atomic mass is 10.00. The molecule has 0 aliphatic carbocycles. The maximum absolute atomic E-state index is 6.26. The summed E-state index contributed by atoms with van der Waals surface area (Å²) in [5.41, 5.74) is 4.80. The number of hydrogen-bond donors (Lipinski definition) is 2. The van der Waals surface area contributed by atoms with Gasteiger partial charge in [-0.1, -0.05) is 73.5 Å². The Kier molecular flexibility index (Phi) is 11.9. The molecule has 27 heavy (non-hydrogen) atoms. The van der Waals surface area contributed by atoms with E-state index in [9.17, 15) is 0 Å². The van der Waals surface area contributed by atoms with Crippen molar-refractivity contribution in [2.24, 2.45) is 0 Å². The Balaban J connectivity index is 0.00000176. The summed E-state index contributed by atoms with van der Waals surface area (Å²) >= 11 is 12.5. The van der Waals surface area contributed by atoms with Gasteiger partial charge in [-0.05, 0) is 63.0 Å². The fraction of sp³-hybridized carbons (Fsp3) is 0.391. The number of nitrogens with one attached hydrogen (secondary N) is 2. The lowest BCUT2D eigenvalue weighted by Crippen LogP contribution is -2.10. The van der Waals surface area contributed by atoms with Crippen molar-refractivity contribution in [1.29, 1.82) is 0 Å². The molecule has 0 aliphatic heterocycles. The van der Waals surface area contributed by atoms with Crippen LogP contribution in [0.15, 0.2) is 48.5 Å². The molecule has 0 aromatic heterocycles. The molecule has 0 bridgehead atoms. The summed E-state index contributed by atoms with van der Waals surface area (Å²) in [6.07, 6.45) is 5.21. The van der Waals surface area contributed by atoms with Gasteiger partial charge in [0.25, 0.3) is 0 Å². The normalized spacial score (nSPS) is 11.0. The molecule has 0 atom stereocenters. The predicted molar refractivity (Wildman–Crippen MR) is 123 cm³/mol. The quantitative estimate of drug-likeness (QED) is 0.434. The van der Waals surface area contributed by atoms with Gasteiger partial charge in [0.15, 0.2) is 0 Å². The molecular formula is C23H32Cl2N2. The van der Waals surface area contributed by atoms with Crippen molar-refractivity contribution in [1.82, 2.24) is 5.32 Å². The van der Waals surface area contributed by atoms with Crippen LogP contribution in [0.4, 0.5) is 5.69 Å². The highest BCUT2D eigenvalue weighted by molar-refractivity contribution is 6.42. The van der Waals surface area contributed by atoms with E-state index >= 15 is 0 Å². The molecule has 0 heterocycles. The van der Waals surface area contributed by atoms with E-state index in [2.05, 4.69) is 47.9 Å². The summed E-state index contributed by atoms with van der Waals surface area (Å²) in [6.45, 7) is 7.88. The lowest BCUT2D eigenvalue weighted by Gasteiger charge is -2.16. The van der Waals surface area contributed by atoms with Crippen LogP contribution in [-0.2, 0) is 6.42 Å². The summed E-state index contributed by atoms with van der Waals surface area (Å²) in [5, 5.41) is 7.91. The Hall–Kier alpha value is -1.48. The number of benzene rings is 2. The lowest BCUT2D eigenvalue weighted by molar-refractivity contribution is 0.815. The third kappa shape index (κ3) is 7.96. The van der Waals surface area contributed by atoms with E-state index in [1.807, 2.05) is 39.1 Å². The van der Waals surface area contributed by atoms with Gasteiger partial charge >= 0.3 is 0 Å². The van der Waals surface area contributed by atoms with Crippen LogP contribution in [-0.4, -0.2) is 20.1 Å². The van der Waals surface area contributed by atoms with Crippen molar-refractivity contribution in [2.75, 3.05) is 25.5 Å². The zero-order chi connectivity index (χ0) is 20.1. The fourth-order valence-corrected chi connectivity index (χ4v) is 3.14. The third-order valence-electron chi connectivity index (χ3n) is 4.20. The van der Waals surface area contributed by atoms with Crippen LogP contribution in [0.3, 0.4) is 0 Å². The number of allylic oxidation sites excluding steroid dienone is 1. The Labute approximate surface area is 175 Å². The molecule has 0 aliphatic rings. The van der Waals surface area contributed by atoms with E-state index in [-0.39, 0.29) is 0 Å². The van der Waals surface area contributed by atoms with Gasteiger partial charge in [-0.3, -0.25) is 0 Å². The zero-order valence-electron chi connectivity index (χ0n) is 16.9. The van der Waals surface area contributed by atoms with Crippen LogP contribution in [0.25, 0.3) is 5.57 Å². The summed E-state index contributed by atoms with van der Waals surface area (Å²) in [5.74, 6) is 0. The van der Waals surface area contributed by atoms with Gasteiger partial charge in [0, 0.05) is 17.8 Å². The van der Waals surface area contributed by atoms with Crippen LogP contribution < -0.4 is 10.6 Å². The first-order chi connectivity index (χ1) is 13.2. The van der Waals surface area contributed by atoms with Crippen LogP contribution in [0.1, 0.15) is 44.7 Å². The molecule has 2 rings (SSSR count). The van der Waals surface area contributed by atoms with Crippen molar-refractivity contribution in [2.45, 2.75) is 40.0 Å². The second-order valence-electron chi connectivity index (χ2n) is 6.00. The maximum atomic E-state index is 6.26. The molecule has 0 fully saturated rings. The molecule has 2 N–H and O–H groups in total. The minimum Gasteiger partial charge on any atom is -0.384 e.